The van der Waals surface area contributed by atoms with Crippen LogP contribution in [0.15, 0.2) is 11.1 Å². The van der Waals surface area contributed by atoms with Gasteiger partial charge in [0.15, 0.2) is 0 Å². The van der Waals surface area contributed by atoms with Crippen molar-refractivity contribution in [1.82, 2.24) is 0 Å². The second kappa shape index (κ2) is 3.25. The monoisotopic (exact) mass is 172 g/mol. The number of aliphatic hydroxyl groups is 2. The van der Waals surface area contributed by atoms with Crippen LogP contribution in [0.5, 0.6) is 0 Å². The molecule has 12 heavy (non-hydrogen) atoms. The topological polar surface area (TPSA) is 77.8 Å². The first-order valence-corrected chi connectivity index (χ1v) is 3.81. The van der Waals surface area contributed by atoms with Gasteiger partial charge in [-0.05, 0) is 12.5 Å². The minimum atomic E-state index is -1.05. The summed E-state index contributed by atoms with van der Waals surface area (Å²) in [7, 11) is 0. The Kier molecular flexibility index (Phi) is 2.49. The Morgan fingerprint density at radius 1 is 1.50 bits per heavy atom. The van der Waals surface area contributed by atoms with Gasteiger partial charge in [-0.1, -0.05) is 0 Å². The van der Waals surface area contributed by atoms with E-state index >= 15 is 0 Å². The van der Waals surface area contributed by atoms with E-state index in [2.05, 4.69) is 0 Å². The molecule has 4 heteroatoms. The summed E-state index contributed by atoms with van der Waals surface area (Å²) in [5.41, 5.74) is 0.606. The van der Waals surface area contributed by atoms with Crippen LogP contribution in [0.1, 0.15) is 19.8 Å². The van der Waals surface area contributed by atoms with Crippen LogP contribution < -0.4 is 0 Å². The van der Waals surface area contributed by atoms with Crippen molar-refractivity contribution in [3.63, 3.8) is 0 Å². The maximum absolute atomic E-state index is 10.6. The number of aliphatic carboxylic acids is 1. The molecule has 1 aliphatic rings. The van der Waals surface area contributed by atoms with Crippen LogP contribution in [0.4, 0.5) is 0 Å². The summed E-state index contributed by atoms with van der Waals surface area (Å²) in [6.07, 6.45) is -1.16. The van der Waals surface area contributed by atoms with Gasteiger partial charge in [0.05, 0.1) is 12.2 Å². The summed E-state index contributed by atoms with van der Waals surface area (Å²) in [4.78, 5) is 10.6. The van der Waals surface area contributed by atoms with Crippen LogP contribution >= 0.6 is 0 Å². The predicted molar refractivity (Wildman–Crippen MR) is 41.6 cm³/mol. The maximum Gasteiger partial charge on any atom is 0.331 e. The van der Waals surface area contributed by atoms with Crippen molar-refractivity contribution in [2.24, 2.45) is 0 Å². The van der Waals surface area contributed by atoms with E-state index in [-0.39, 0.29) is 18.4 Å². The third-order valence-electron chi connectivity index (χ3n) is 2.17. The number of aliphatic hydroxyl groups excluding tert-OH is 2. The highest BCUT2D eigenvalue weighted by Gasteiger charge is 2.27. The minimum absolute atomic E-state index is 0.137. The lowest BCUT2D eigenvalue weighted by Gasteiger charge is -2.24. The van der Waals surface area contributed by atoms with Crippen LogP contribution in [0.3, 0.4) is 0 Å². The Bertz CT molecular complexity index is 231. The van der Waals surface area contributed by atoms with Crippen molar-refractivity contribution < 1.29 is 20.1 Å². The molecule has 0 aliphatic heterocycles. The zero-order chi connectivity index (χ0) is 9.30. The Balaban J connectivity index is 2.93. The molecule has 68 valence electrons. The van der Waals surface area contributed by atoms with Crippen LogP contribution in [-0.2, 0) is 4.79 Å². The first-order valence-electron chi connectivity index (χ1n) is 3.81. The lowest BCUT2D eigenvalue weighted by atomic mass is 9.88. The van der Waals surface area contributed by atoms with Gasteiger partial charge in [-0.2, -0.15) is 0 Å². The number of hydrogen-bond donors (Lipinski definition) is 3. The summed E-state index contributed by atoms with van der Waals surface area (Å²) in [6, 6.07) is 0. The van der Waals surface area contributed by atoms with Crippen molar-refractivity contribution in [1.29, 1.82) is 0 Å². The van der Waals surface area contributed by atoms with Crippen molar-refractivity contribution in [2.45, 2.75) is 32.0 Å². The average molecular weight is 172 g/mol. The first kappa shape index (κ1) is 9.22. The van der Waals surface area contributed by atoms with E-state index in [1.54, 1.807) is 6.92 Å². The third-order valence-corrected chi connectivity index (χ3v) is 2.17. The molecule has 0 aromatic rings. The molecule has 1 rings (SSSR count). The molecule has 0 saturated carbocycles. The lowest BCUT2D eigenvalue weighted by Crippen LogP contribution is -2.28. The van der Waals surface area contributed by atoms with Crippen LogP contribution in [-0.4, -0.2) is 33.5 Å². The fourth-order valence-corrected chi connectivity index (χ4v) is 1.37. The second-order valence-electron chi connectivity index (χ2n) is 3.08. The van der Waals surface area contributed by atoms with Crippen LogP contribution in [0, 0.1) is 0 Å². The molecule has 1 aliphatic carbocycles. The highest BCUT2D eigenvalue weighted by Crippen LogP contribution is 2.25. The number of carbonyl (C=O) groups is 1. The molecule has 0 fully saturated rings. The third kappa shape index (κ3) is 1.65. The highest BCUT2D eigenvalue weighted by atomic mass is 16.4. The lowest BCUT2D eigenvalue weighted by molar-refractivity contribution is -0.133. The molecule has 0 aromatic heterocycles. The van der Waals surface area contributed by atoms with Gasteiger partial charge in [-0.15, -0.1) is 0 Å². The Morgan fingerprint density at radius 3 is 2.58 bits per heavy atom. The van der Waals surface area contributed by atoms with Gasteiger partial charge >= 0.3 is 5.97 Å². The van der Waals surface area contributed by atoms with E-state index in [0.29, 0.717) is 5.57 Å². The van der Waals surface area contributed by atoms with Crippen molar-refractivity contribution >= 4 is 5.97 Å². The zero-order valence-electron chi connectivity index (χ0n) is 6.82. The fraction of sp³-hybridized carbons (Fsp3) is 0.625. The largest absolute Gasteiger partial charge is 0.478 e. The van der Waals surface area contributed by atoms with Crippen molar-refractivity contribution in [3.8, 4) is 0 Å². The molecule has 0 aromatic carbocycles. The summed E-state index contributed by atoms with van der Waals surface area (Å²) in [5.74, 6) is -1.05. The van der Waals surface area contributed by atoms with Gasteiger partial charge in [-0.25, -0.2) is 4.79 Å². The van der Waals surface area contributed by atoms with Gasteiger partial charge in [0.25, 0.3) is 0 Å². The molecule has 3 N–H and O–H groups in total. The Hall–Kier alpha value is -0.870. The average Bonchev–Trinajstić information content (AvgIpc) is 1.96. The molecule has 0 amide bonds. The van der Waals surface area contributed by atoms with E-state index in [1.165, 1.54) is 0 Å². The number of hydrogen-bond acceptors (Lipinski definition) is 3. The van der Waals surface area contributed by atoms with E-state index in [0.717, 1.165) is 0 Å². The number of carboxylic acids is 1. The molecule has 0 radical (unpaired) electrons. The highest BCUT2D eigenvalue weighted by molar-refractivity contribution is 5.88. The summed E-state index contributed by atoms with van der Waals surface area (Å²) < 4.78 is 0. The quantitative estimate of drug-likeness (QED) is 0.516. The van der Waals surface area contributed by atoms with E-state index < -0.39 is 18.2 Å². The molecule has 0 bridgehead atoms. The van der Waals surface area contributed by atoms with Crippen molar-refractivity contribution in [2.75, 3.05) is 0 Å². The van der Waals surface area contributed by atoms with E-state index in [4.69, 9.17) is 10.2 Å². The standard InChI is InChI=1S/C8H12O4/c1-4-6(8(11)12)2-5(9)3-7(4)10/h5,7,9-10H,2-3H2,1H3,(H,11,12)/t5-,7+/m0/s1. The normalized spacial score (nSPS) is 30.6. The molecule has 0 heterocycles. The summed E-state index contributed by atoms with van der Waals surface area (Å²) in [5, 5.41) is 27.1. The predicted octanol–water partition coefficient (Wildman–Crippen LogP) is -0.0969. The van der Waals surface area contributed by atoms with Crippen LogP contribution in [0.2, 0.25) is 0 Å². The zero-order valence-corrected chi connectivity index (χ0v) is 6.82. The van der Waals surface area contributed by atoms with Gasteiger partial charge in [0, 0.05) is 18.4 Å². The molecule has 0 unspecified atom stereocenters. The molecular weight excluding hydrogens is 160 g/mol. The second-order valence-corrected chi connectivity index (χ2v) is 3.08. The first-order chi connectivity index (χ1) is 5.52. The fourth-order valence-electron chi connectivity index (χ4n) is 1.37. The van der Waals surface area contributed by atoms with Gasteiger partial charge in [0.1, 0.15) is 0 Å². The summed E-state index contributed by atoms with van der Waals surface area (Å²) in [6.45, 7) is 1.58. The summed E-state index contributed by atoms with van der Waals surface area (Å²) >= 11 is 0. The van der Waals surface area contributed by atoms with Crippen molar-refractivity contribution in [3.05, 3.63) is 11.1 Å². The Labute approximate surface area is 70.1 Å². The smallest absolute Gasteiger partial charge is 0.331 e. The molecule has 0 saturated heterocycles. The van der Waals surface area contributed by atoms with Gasteiger partial charge in [-0.3, -0.25) is 0 Å². The minimum Gasteiger partial charge on any atom is -0.478 e. The van der Waals surface area contributed by atoms with Gasteiger partial charge in [0.2, 0.25) is 0 Å². The Morgan fingerprint density at radius 2 is 2.08 bits per heavy atom. The molecular formula is C8H12O4. The SMILES string of the molecule is CC1=C(C(=O)O)C[C@H](O)C[C@H]1O. The van der Waals surface area contributed by atoms with E-state index in [1.807, 2.05) is 0 Å². The van der Waals surface area contributed by atoms with Gasteiger partial charge < -0.3 is 15.3 Å². The van der Waals surface area contributed by atoms with Crippen LogP contribution in [0.25, 0.3) is 0 Å². The molecule has 4 nitrogen and oxygen atoms in total. The number of carboxylic acid groups (broad SMARTS) is 1. The number of rotatable bonds is 1. The molecule has 2 atom stereocenters. The van der Waals surface area contributed by atoms with E-state index in [9.17, 15) is 9.90 Å². The maximum atomic E-state index is 10.6. The molecule has 0 spiro atoms.